The van der Waals surface area contributed by atoms with Crippen LogP contribution in [-0.4, -0.2) is 29.4 Å². The van der Waals surface area contributed by atoms with Gasteiger partial charge in [-0.2, -0.15) is 0 Å². The van der Waals surface area contributed by atoms with E-state index in [-0.39, 0.29) is 5.91 Å². The first kappa shape index (κ1) is 14.5. The number of hydrogen-bond acceptors (Lipinski definition) is 2. The molecule has 0 aliphatic heterocycles. The van der Waals surface area contributed by atoms with E-state index in [1.54, 1.807) is 0 Å². The average Bonchev–Trinajstić information content (AvgIpc) is 2.13. The summed E-state index contributed by atoms with van der Waals surface area (Å²) in [5.41, 5.74) is 5.14. The molecule has 0 bridgehead atoms. The summed E-state index contributed by atoms with van der Waals surface area (Å²) in [5, 5.41) is 0. The highest BCUT2D eigenvalue weighted by Crippen LogP contribution is 2.33. The lowest BCUT2D eigenvalue weighted by Gasteiger charge is -2.42. The molecule has 0 atom stereocenters. The number of nitrogens with zero attached hydrogens (tertiary/aromatic N) is 1. The molecule has 0 saturated heterocycles. The van der Waals surface area contributed by atoms with Crippen molar-refractivity contribution in [1.82, 2.24) is 4.90 Å². The summed E-state index contributed by atoms with van der Waals surface area (Å²) in [6.45, 7) is 11.5. The molecule has 3 heteroatoms. The molecule has 2 N–H and O–H groups in total. The highest BCUT2D eigenvalue weighted by atomic mass is 16.2. The molecule has 0 unspecified atom stereocenters. The zero-order chi connectivity index (χ0) is 13.3. The lowest BCUT2D eigenvalue weighted by molar-refractivity contribution is -0.144. The predicted molar refractivity (Wildman–Crippen MR) is 71.6 cm³/mol. The molecule has 1 rings (SSSR count). The van der Waals surface area contributed by atoms with E-state index in [0.717, 1.165) is 19.0 Å². The van der Waals surface area contributed by atoms with Crippen molar-refractivity contribution >= 4 is 5.91 Å². The summed E-state index contributed by atoms with van der Waals surface area (Å²) < 4.78 is 0. The minimum atomic E-state index is -0.507. The number of rotatable bonds is 5. The number of amides is 1. The minimum Gasteiger partial charge on any atom is -0.342 e. The third-order valence-electron chi connectivity index (χ3n) is 4.52. The maximum atomic E-state index is 12.6. The Morgan fingerprint density at radius 3 is 2.12 bits per heavy atom. The molecule has 1 aliphatic rings. The van der Waals surface area contributed by atoms with E-state index in [1.165, 1.54) is 19.3 Å². The minimum absolute atomic E-state index is 0.194. The second kappa shape index (κ2) is 4.97. The summed E-state index contributed by atoms with van der Waals surface area (Å²) in [5.74, 6) is 0.912. The smallest absolute Gasteiger partial charge is 0.230 e. The molecule has 3 nitrogen and oxygen atoms in total. The predicted octanol–water partition coefficient (Wildman–Crippen LogP) is 2.40. The zero-order valence-electron chi connectivity index (χ0n) is 12.0. The van der Waals surface area contributed by atoms with Crippen molar-refractivity contribution in [3.63, 3.8) is 0 Å². The summed E-state index contributed by atoms with van der Waals surface area (Å²) in [6, 6.07) is 0. The molecular formula is C14H28N2O. The quantitative estimate of drug-likeness (QED) is 0.802. The second-order valence-corrected chi connectivity index (χ2v) is 6.49. The number of carbonyl (C=O) groups is 1. The van der Waals surface area contributed by atoms with Crippen molar-refractivity contribution in [3.05, 3.63) is 0 Å². The van der Waals surface area contributed by atoms with Crippen LogP contribution in [0.15, 0.2) is 0 Å². The van der Waals surface area contributed by atoms with E-state index in [0.29, 0.717) is 0 Å². The summed E-state index contributed by atoms with van der Waals surface area (Å²) in [6.07, 6.45) is 3.87. The van der Waals surface area contributed by atoms with Gasteiger partial charge < -0.3 is 10.6 Å². The maximum absolute atomic E-state index is 12.6. The van der Waals surface area contributed by atoms with Crippen LogP contribution >= 0.6 is 0 Å². The molecular weight excluding hydrogens is 212 g/mol. The van der Waals surface area contributed by atoms with Gasteiger partial charge in [-0.3, -0.25) is 4.79 Å². The molecule has 1 amide bonds. The molecule has 17 heavy (non-hydrogen) atoms. The highest BCUT2D eigenvalue weighted by molar-refractivity contribution is 5.83. The molecule has 1 aliphatic carbocycles. The van der Waals surface area contributed by atoms with E-state index >= 15 is 0 Å². The van der Waals surface area contributed by atoms with Crippen LogP contribution in [0.2, 0.25) is 0 Å². The molecule has 1 saturated carbocycles. The highest BCUT2D eigenvalue weighted by Gasteiger charge is 2.42. The molecule has 0 aromatic carbocycles. The number of hydrogen-bond donors (Lipinski definition) is 1. The Balaban J connectivity index is 2.70. The van der Waals surface area contributed by atoms with Gasteiger partial charge in [-0.15, -0.1) is 0 Å². The Morgan fingerprint density at radius 1 is 1.29 bits per heavy atom. The number of carbonyl (C=O) groups excluding carboxylic acids is 1. The lowest BCUT2D eigenvalue weighted by atomic mass is 9.73. The first-order valence-electron chi connectivity index (χ1n) is 6.78. The fraction of sp³-hybridized carbons (Fsp3) is 0.929. The van der Waals surface area contributed by atoms with E-state index in [4.69, 9.17) is 5.73 Å². The van der Waals surface area contributed by atoms with Crippen LogP contribution < -0.4 is 5.73 Å². The SMILES string of the molecule is CCN(CC1CCC1)C(=O)C(C)(C)C(C)(C)N. The van der Waals surface area contributed by atoms with E-state index in [9.17, 15) is 4.79 Å². The maximum Gasteiger partial charge on any atom is 0.230 e. The molecule has 0 radical (unpaired) electrons. The first-order valence-corrected chi connectivity index (χ1v) is 6.78. The van der Waals surface area contributed by atoms with Gasteiger partial charge in [0.05, 0.1) is 5.41 Å². The van der Waals surface area contributed by atoms with Crippen LogP contribution in [0.4, 0.5) is 0 Å². The van der Waals surface area contributed by atoms with Crippen LogP contribution in [0.5, 0.6) is 0 Å². The fourth-order valence-corrected chi connectivity index (χ4v) is 2.01. The van der Waals surface area contributed by atoms with E-state index in [1.807, 2.05) is 32.6 Å². The van der Waals surface area contributed by atoms with Gasteiger partial charge in [-0.05, 0) is 53.4 Å². The topological polar surface area (TPSA) is 46.3 Å². The molecule has 0 spiro atoms. The molecule has 100 valence electrons. The van der Waals surface area contributed by atoms with E-state index in [2.05, 4.69) is 6.92 Å². The van der Waals surface area contributed by atoms with Crippen molar-refractivity contribution in [2.24, 2.45) is 17.1 Å². The largest absolute Gasteiger partial charge is 0.342 e. The Hall–Kier alpha value is -0.570. The molecule has 1 fully saturated rings. The van der Waals surface area contributed by atoms with Crippen molar-refractivity contribution in [1.29, 1.82) is 0 Å². The first-order chi connectivity index (χ1) is 7.70. The van der Waals surface area contributed by atoms with Crippen molar-refractivity contribution in [3.8, 4) is 0 Å². The third-order valence-corrected chi connectivity index (χ3v) is 4.52. The van der Waals surface area contributed by atoms with Gasteiger partial charge in [-0.1, -0.05) is 6.42 Å². The monoisotopic (exact) mass is 240 g/mol. The van der Waals surface area contributed by atoms with Crippen LogP contribution in [0.25, 0.3) is 0 Å². The summed E-state index contributed by atoms with van der Waals surface area (Å²) in [7, 11) is 0. The normalized spacial score (nSPS) is 17.8. The lowest BCUT2D eigenvalue weighted by Crippen LogP contribution is -2.57. The third kappa shape index (κ3) is 3.01. The van der Waals surface area contributed by atoms with Gasteiger partial charge in [0.15, 0.2) is 0 Å². The molecule has 0 aromatic rings. The molecule has 0 heterocycles. The van der Waals surface area contributed by atoms with Gasteiger partial charge in [0, 0.05) is 18.6 Å². The second-order valence-electron chi connectivity index (χ2n) is 6.49. The van der Waals surface area contributed by atoms with Crippen LogP contribution in [0, 0.1) is 11.3 Å². The molecule has 0 aromatic heterocycles. The van der Waals surface area contributed by atoms with Gasteiger partial charge in [0.1, 0.15) is 0 Å². The Labute approximate surface area is 106 Å². The Morgan fingerprint density at radius 2 is 1.82 bits per heavy atom. The summed E-state index contributed by atoms with van der Waals surface area (Å²) >= 11 is 0. The van der Waals surface area contributed by atoms with Gasteiger partial charge in [-0.25, -0.2) is 0 Å². The van der Waals surface area contributed by atoms with Crippen LogP contribution in [0.1, 0.15) is 53.9 Å². The van der Waals surface area contributed by atoms with Crippen molar-refractivity contribution < 1.29 is 4.79 Å². The van der Waals surface area contributed by atoms with E-state index < -0.39 is 11.0 Å². The van der Waals surface area contributed by atoms with Gasteiger partial charge in [0.25, 0.3) is 0 Å². The summed E-state index contributed by atoms with van der Waals surface area (Å²) in [4.78, 5) is 14.5. The van der Waals surface area contributed by atoms with Crippen molar-refractivity contribution in [2.45, 2.75) is 59.4 Å². The fourth-order valence-electron chi connectivity index (χ4n) is 2.01. The standard InChI is InChI=1S/C14H28N2O/c1-6-16(10-11-8-7-9-11)12(17)13(2,3)14(4,5)15/h11H,6-10,15H2,1-5H3. The van der Waals surface area contributed by atoms with Gasteiger partial charge in [0.2, 0.25) is 5.91 Å². The zero-order valence-corrected chi connectivity index (χ0v) is 12.0. The van der Waals surface area contributed by atoms with Crippen molar-refractivity contribution in [2.75, 3.05) is 13.1 Å². The van der Waals surface area contributed by atoms with Crippen LogP contribution in [-0.2, 0) is 4.79 Å². The Kier molecular flexibility index (Phi) is 4.23. The Bertz CT molecular complexity index is 274. The van der Waals surface area contributed by atoms with Gasteiger partial charge >= 0.3 is 0 Å². The number of nitrogens with two attached hydrogens (primary N) is 1. The van der Waals surface area contributed by atoms with Crippen LogP contribution in [0.3, 0.4) is 0 Å². The average molecular weight is 240 g/mol.